The lowest BCUT2D eigenvalue weighted by atomic mass is 9.75. The predicted octanol–water partition coefficient (Wildman–Crippen LogP) is 6.82. The molecule has 46 heavy (non-hydrogen) atoms. The molecular weight excluding hydrogens is 619 g/mol. The second kappa shape index (κ2) is 12.8. The van der Waals surface area contributed by atoms with Gasteiger partial charge < -0.3 is 14.7 Å². The molecule has 2 aliphatic carbocycles. The molecule has 3 aliphatic heterocycles. The normalized spacial score (nSPS) is 25.3. The van der Waals surface area contributed by atoms with Crippen molar-refractivity contribution < 1.29 is 14.4 Å². The Bertz CT molecular complexity index is 1500. The number of likely N-dealkylation sites (tertiary alicyclic amines) is 2. The Morgan fingerprint density at radius 1 is 0.870 bits per heavy atom. The van der Waals surface area contributed by atoms with Crippen LogP contribution in [0.3, 0.4) is 0 Å². The van der Waals surface area contributed by atoms with Crippen molar-refractivity contribution in [3.8, 4) is 0 Å². The van der Waals surface area contributed by atoms with Gasteiger partial charge in [0, 0.05) is 49.1 Å². The molecule has 2 saturated carbocycles. The van der Waals surface area contributed by atoms with E-state index in [0.717, 1.165) is 102 Å². The third-order valence-electron chi connectivity index (χ3n) is 11.9. The van der Waals surface area contributed by atoms with E-state index in [1.165, 1.54) is 5.56 Å². The first-order chi connectivity index (χ1) is 22.2. The van der Waals surface area contributed by atoms with Crippen LogP contribution >= 0.6 is 23.2 Å². The number of aryl methyl sites for hydroxylation is 1. The largest absolute Gasteiger partial charge is 0.342 e. The number of rotatable bonds is 8. The zero-order valence-electron chi connectivity index (χ0n) is 27.0. The van der Waals surface area contributed by atoms with Gasteiger partial charge in [-0.1, -0.05) is 54.2 Å². The molecule has 2 aromatic carbocycles. The van der Waals surface area contributed by atoms with Crippen molar-refractivity contribution in [2.24, 2.45) is 11.8 Å². The third-order valence-corrected chi connectivity index (χ3v) is 12.7. The molecule has 9 heteroatoms. The lowest BCUT2D eigenvalue weighted by Gasteiger charge is -2.43. The molecule has 246 valence electrons. The lowest BCUT2D eigenvalue weighted by molar-refractivity contribution is -0.149. The summed E-state index contributed by atoms with van der Waals surface area (Å²) in [4.78, 5) is 49.1. The maximum absolute atomic E-state index is 14.1. The highest BCUT2D eigenvalue weighted by Gasteiger charge is 2.56. The summed E-state index contributed by atoms with van der Waals surface area (Å²) >= 11 is 12.8. The molecule has 1 unspecified atom stereocenters. The fraction of sp³-hybridized carbons (Fsp3) is 0.595. The van der Waals surface area contributed by atoms with Crippen LogP contribution in [0, 0.1) is 18.8 Å². The Morgan fingerprint density at radius 2 is 1.59 bits per heavy atom. The zero-order valence-corrected chi connectivity index (χ0v) is 28.5. The number of anilines is 1. The van der Waals surface area contributed by atoms with E-state index in [1.54, 1.807) is 4.90 Å². The summed E-state index contributed by atoms with van der Waals surface area (Å²) in [5.74, 6) is 0.520. The molecule has 0 aromatic heterocycles. The molecule has 0 bridgehead atoms. The summed E-state index contributed by atoms with van der Waals surface area (Å²) in [5, 5.41) is 1.12. The van der Waals surface area contributed by atoms with Gasteiger partial charge in [-0.3, -0.25) is 19.3 Å². The third kappa shape index (κ3) is 5.75. The molecular formula is C37H46Cl2N4O3. The highest BCUT2D eigenvalue weighted by atomic mass is 35.5. The van der Waals surface area contributed by atoms with Crippen LogP contribution in [0.5, 0.6) is 0 Å². The summed E-state index contributed by atoms with van der Waals surface area (Å²) in [5.41, 5.74) is 2.52. The topological polar surface area (TPSA) is 64.2 Å². The van der Waals surface area contributed by atoms with Crippen molar-refractivity contribution >= 4 is 46.6 Å². The molecule has 3 heterocycles. The molecule has 2 aromatic rings. The number of halogens is 2. The van der Waals surface area contributed by atoms with Crippen LogP contribution in [0.2, 0.25) is 10.0 Å². The van der Waals surface area contributed by atoms with E-state index >= 15 is 0 Å². The van der Waals surface area contributed by atoms with Crippen LogP contribution in [-0.4, -0.2) is 77.4 Å². The maximum atomic E-state index is 14.1. The van der Waals surface area contributed by atoms with Crippen LogP contribution in [0.15, 0.2) is 42.5 Å². The van der Waals surface area contributed by atoms with Crippen molar-refractivity contribution in [1.82, 2.24) is 14.7 Å². The van der Waals surface area contributed by atoms with Crippen LogP contribution < -0.4 is 4.90 Å². The van der Waals surface area contributed by atoms with Gasteiger partial charge in [-0.15, -0.1) is 0 Å². The van der Waals surface area contributed by atoms with Gasteiger partial charge in [0.05, 0.1) is 10.0 Å². The minimum atomic E-state index is -0.682. The van der Waals surface area contributed by atoms with Gasteiger partial charge in [-0.05, 0) is 107 Å². The molecule has 3 saturated heterocycles. The van der Waals surface area contributed by atoms with Gasteiger partial charge in [0.2, 0.25) is 11.8 Å². The van der Waals surface area contributed by atoms with E-state index in [9.17, 15) is 14.4 Å². The molecule has 0 N–H and O–H groups in total. The first-order valence-electron chi connectivity index (χ1n) is 17.4. The van der Waals surface area contributed by atoms with Crippen LogP contribution in [0.25, 0.3) is 0 Å². The van der Waals surface area contributed by atoms with Gasteiger partial charge in [0.25, 0.3) is 5.91 Å². The minimum absolute atomic E-state index is 0.00286. The molecule has 5 fully saturated rings. The van der Waals surface area contributed by atoms with Gasteiger partial charge in [0.1, 0.15) is 12.2 Å². The van der Waals surface area contributed by atoms with Gasteiger partial charge in [-0.25, -0.2) is 0 Å². The Balaban J connectivity index is 1.04. The Morgan fingerprint density at radius 3 is 2.24 bits per heavy atom. The Hall–Kier alpha value is -2.61. The predicted molar refractivity (Wildman–Crippen MR) is 182 cm³/mol. The summed E-state index contributed by atoms with van der Waals surface area (Å²) in [7, 11) is 0. The molecule has 1 atom stereocenters. The average molecular weight is 666 g/mol. The molecule has 3 amide bonds. The lowest BCUT2D eigenvalue weighted by Crippen LogP contribution is -2.57. The number of benzene rings is 2. The van der Waals surface area contributed by atoms with E-state index in [1.807, 2.05) is 18.2 Å². The fourth-order valence-electron chi connectivity index (χ4n) is 8.53. The Labute approximate surface area is 283 Å². The van der Waals surface area contributed by atoms with Crippen molar-refractivity contribution in [2.45, 2.75) is 88.5 Å². The van der Waals surface area contributed by atoms with E-state index in [2.05, 4.69) is 45.9 Å². The summed E-state index contributed by atoms with van der Waals surface area (Å²) < 4.78 is 0. The number of hydrogen-bond donors (Lipinski definition) is 0. The van der Waals surface area contributed by atoms with Gasteiger partial charge in [0.15, 0.2) is 0 Å². The van der Waals surface area contributed by atoms with Gasteiger partial charge >= 0.3 is 0 Å². The highest BCUT2D eigenvalue weighted by Crippen LogP contribution is 2.44. The zero-order chi connectivity index (χ0) is 32.1. The second-order valence-electron chi connectivity index (χ2n) is 14.6. The number of imide groups is 1. The molecule has 7 rings (SSSR count). The maximum Gasteiger partial charge on any atom is 0.256 e. The van der Waals surface area contributed by atoms with Crippen molar-refractivity contribution in [1.29, 1.82) is 0 Å². The van der Waals surface area contributed by atoms with E-state index in [0.29, 0.717) is 35.5 Å². The van der Waals surface area contributed by atoms with E-state index in [4.69, 9.17) is 23.2 Å². The molecule has 5 aliphatic rings. The molecule has 7 nitrogen and oxygen atoms in total. The fourth-order valence-corrected chi connectivity index (χ4v) is 8.83. The number of carbonyl (C=O) groups excluding carboxylic acids is 3. The van der Waals surface area contributed by atoms with Crippen LogP contribution in [0.1, 0.15) is 81.8 Å². The van der Waals surface area contributed by atoms with Gasteiger partial charge in [-0.2, -0.15) is 0 Å². The van der Waals surface area contributed by atoms with Crippen molar-refractivity contribution in [2.75, 3.05) is 44.3 Å². The standard InChI is InChI=1S/C37H46Cl2N4O3/c1-26-6-2-11-30(22-26)43-25-42(34(45)28-9-4-10-28)35(46)37(43)16-19-40(20-17-37)18-5-14-36(29-12-13-31(38)32(39)23-29)15-21-41(24-36)33(44)27-7-3-8-27/h2,6,11-13,22-23,27-28H,3-5,7-10,14-21,24-25H2,1H3. The SMILES string of the molecule is Cc1cccc(N2CN(C(=O)C3CCC3)C(=O)C23CCN(CCCC2(c4ccc(Cl)c(Cl)c4)CCN(C(=O)C4CCC4)C2)CC3)c1. The number of nitrogens with zero attached hydrogens (tertiary/aromatic N) is 4. The number of carbonyl (C=O) groups is 3. The summed E-state index contributed by atoms with van der Waals surface area (Å²) in [6, 6.07) is 14.3. The van der Waals surface area contributed by atoms with Crippen LogP contribution in [-0.2, 0) is 19.8 Å². The summed E-state index contributed by atoms with van der Waals surface area (Å²) in [6.07, 6.45) is 10.3. The number of amides is 3. The number of piperidine rings is 1. The van der Waals surface area contributed by atoms with E-state index in [-0.39, 0.29) is 29.1 Å². The second-order valence-corrected chi connectivity index (χ2v) is 15.4. The quantitative estimate of drug-likeness (QED) is 0.290. The first-order valence-corrected chi connectivity index (χ1v) is 18.1. The van der Waals surface area contributed by atoms with Crippen molar-refractivity contribution in [3.05, 3.63) is 63.6 Å². The average Bonchev–Trinajstić information content (AvgIpc) is 3.54. The minimum Gasteiger partial charge on any atom is -0.342 e. The van der Waals surface area contributed by atoms with E-state index < -0.39 is 5.54 Å². The highest BCUT2D eigenvalue weighted by molar-refractivity contribution is 6.42. The van der Waals surface area contributed by atoms with Crippen molar-refractivity contribution in [3.63, 3.8) is 0 Å². The van der Waals surface area contributed by atoms with Crippen LogP contribution in [0.4, 0.5) is 5.69 Å². The Kier molecular flexibility index (Phi) is 8.88. The number of hydrogen-bond acceptors (Lipinski definition) is 5. The monoisotopic (exact) mass is 664 g/mol. The smallest absolute Gasteiger partial charge is 0.256 e. The molecule has 0 radical (unpaired) electrons. The first kappa shape index (κ1) is 32.0. The molecule has 1 spiro atoms. The summed E-state index contributed by atoms with van der Waals surface area (Å²) in [6.45, 7) is 6.49.